The molecular weight excluding hydrogens is 267 g/mol. The van der Waals surface area contributed by atoms with Crippen molar-refractivity contribution in [1.82, 2.24) is 0 Å². The summed E-state index contributed by atoms with van der Waals surface area (Å²) in [5.74, 6) is -2.51. The Morgan fingerprint density at radius 3 is 1.83 bits per heavy atom. The van der Waals surface area contributed by atoms with Gasteiger partial charge in [0.25, 0.3) is 0 Å². The molecule has 9 heteroatoms. The van der Waals surface area contributed by atoms with Crippen molar-refractivity contribution in [3.63, 3.8) is 0 Å². The highest BCUT2D eigenvalue weighted by Crippen LogP contribution is 2.42. The van der Waals surface area contributed by atoms with E-state index in [1.165, 1.54) is 0 Å². The van der Waals surface area contributed by atoms with E-state index in [-0.39, 0.29) is 13.2 Å². The van der Waals surface area contributed by atoms with Crippen molar-refractivity contribution in [1.29, 1.82) is 0 Å². The summed E-state index contributed by atoms with van der Waals surface area (Å²) in [7, 11) is -3.71. The Hall–Kier alpha value is -1.21. The van der Waals surface area contributed by atoms with Crippen LogP contribution in [0.15, 0.2) is 12.2 Å². The first-order valence-electron chi connectivity index (χ1n) is 5.01. The molecule has 0 aromatic heterocycles. The molecule has 18 heavy (non-hydrogen) atoms. The molecule has 0 aromatic rings. The van der Waals surface area contributed by atoms with E-state index in [1.54, 1.807) is 6.92 Å². The largest absolute Gasteiger partial charge is 0.478 e. The smallest absolute Gasteiger partial charge is 0.472 e. The van der Waals surface area contributed by atoms with Crippen LogP contribution in [0.1, 0.15) is 20.3 Å². The van der Waals surface area contributed by atoms with Crippen molar-refractivity contribution in [2.45, 2.75) is 20.3 Å². The Morgan fingerprint density at radius 2 is 1.56 bits per heavy atom. The van der Waals surface area contributed by atoms with Gasteiger partial charge in [0.05, 0.1) is 13.2 Å². The predicted molar refractivity (Wildman–Crippen MR) is 62.1 cm³/mol. The molecule has 0 aromatic carbocycles. The van der Waals surface area contributed by atoms with E-state index in [0.717, 1.165) is 0 Å². The zero-order valence-electron chi connectivity index (χ0n) is 10.1. The first-order chi connectivity index (χ1) is 8.25. The van der Waals surface area contributed by atoms with Gasteiger partial charge in [0.1, 0.15) is 0 Å². The molecule has 0 aliphatic rings. The molecule has 8 nitrogen and oxygen atoms in total. The molecule has 0 amide bonds. The van der Waals surface area contributed by atoms with Gasteiger partial charge in [-0.15, -0.1) is 0 Å². The van der Waals surface area contributed by atoms with Crippen LogP contribution in [-0.4, -0.2) is 40.3 Å². The Labute approximate surface area is 104 Å². The number of phosphoric acid groups is 1. The van der Waals surface area contributed by atoms with Gasteiger partial charge in [-0.05, 0) is 13.3 Å². The van der Waals surface area contributed by atoms with E-state index in [1.807, 2.05) is 6.92 Å². The SMILES string of the molecule is CCCOP(=O)(O)OCC.O=C(O)/C=C\C(=O)O. The second kappa shape index (κ2) is 10.9. The zero-order chi connectivity index (χ0) is 14.6. The van der Waals surface area contributed by atoms with Gasteiger partial charge in [-0.2, -0.15) is 0 Å². The molecule has 0 saturated heterocycles. The summed E-state index contributed by atoms with van der Waals surface area (Å²) in [6, 6.07) is 0. The number of hydrogen-bond donors (Lipinski definition) is 3. The van der Waals surface area contributed by atoms with Gasteiger partial charge in [-0.3, -0.25) is 9.05 Å². The number of carboxylic acid groups (broad SMARTS) is 2. The highest BCUT2D eigenvalue weighted by molar-refractivity contribution is 7.47. The summed E-state index contributed by atoms with van der Waals surface area (Å²) in [6.07, 6.45) is 1.82. The maximum atomic E-state index is 10.7. The fraction of sp³-hybridized carbons (Fsp3) is 0.556. The topological polar surface area (TPSA) is 130 Å². The Kier molecular flexibility index (Phi) is 11.6. The molecule has 0 fully saturated rings. The average Bonchev–Trinajstić information content (AvgIpc) is 2.24. The van der Waals surface area contributed by atoms with Gasteiger partial charge in [-0.25, -0.2) is 14.2 Å². The number of aliphatic carboxylic acids is 2. The van der Waals surface area contributed by atoms with Crippen molar-refractivity contribution in [3.05, 3.63) is 12.2 Å². The number of phosphoric ester groups is 1. The van der Waals surface area contributed by atoms with Crippen LogP contribution < -0.4 is 0 Å². The van der Waals surface area contributed by atoms with E-state index >= 15 is 0 Å². The van der Waals surface area contributed by atoms with Crippen molar-refractivity contribution in [2.24, 2.45) is 0 Å². The quantitative estimate of drug-likeness (QED) is 0.470. The summed E-state index contributed by atoms with van der Waals surface area (Å²) < 4.78 is 19.6. The average molecular weight is 284 g/mol. The Bertz CT molecular complexity index is 309. The molecule has 0 rings (SSSR count). The van der Waals surface area contributed by atoms with Gasteiger partial charge in [0.2, 0.25) is 0 Å². The van der Waals surface area contributed by atoms with E-state index in [2.05, 4.69) is 9.05 Å². The molecule has 0 saturated carbocycles. The summed E-state index contributed by atoms with van der Waals surface area (Å²) in [6.45, 7) is 3.94. The first kappa shape index (κ1) is 19.1. The lowest BCUT2D eigenvalue weighted by atomic mass is 10.5. The third kappa shape index (κ3) is 17.2. The molecule has 0 aliphatic heterocycles. The Morgan fingerprint density at radius 1 is 1.11 bits per heavy atom. The molecule has 0 aliphatic carbocycles. The molecule has 106 valence electrons. The molecule has 1 unspecified atom stereocenters. The van der Waals surface area contributed by atoms with Gasteiger partial charge >= 0.3 is 19.8 Å². The maximum Gasteiger partial charge on any atom is 0.472 e. The lowest BCUT2D eigenvalue weighted by molar-refractivity contribution is -0.134. The van der Waals surface area contributed by atoms with E-state index in [9.17, 15) is 14.2 Å². The Balaban J connectivity index is 0. The van der Waals surface area contributed by atoms with Crippen LogP contribution in [0.25, 0.3) is 0 Å². The highest BCUT2D eigenvalue weighted by atomic mass is 31.2. The number of rotatable bonds is 7. The van der Waals surface area contributed by atoms with Gasteiger partial charge < -0.3 is 15.1 Å². The van der Waals surface area contributed by atoms with E-state index in [0.29, 0.717) is 18.6 Å². The zero-order valence-corrected chi connectivity index (χ0v) is 11.0. The summed E-state index contributed by atoms with van der Waals surface area (Å²) in [5.41, 5.74) is 0. The third-order valence-electron chi connectivity index (χ3n) is 1.12. The van der Waals surface area contributed by atoms with E-state index in [4.69, 9.17) is 15.1 Å². The van der Waals surface area contributed by atoms with Gasteiger partial charge in [-0.1, -0.05) is 6.92 Å². The summed E-state index contributed by atoms with van der Waals surface area (Å²) in [4.78, 5) is 27.9. The molecule has 1 atom stereocenters. The van der Waals surface area contributed by atoms with Gasteiger partial charge in [0, 0.05) is 12.2 Å². The van der Waals surface area contributed by atoms with Crippen LogP contribution in [0.2, 0.25) is 0 Å². The van der Waals surface area contributed by atoms with Gasteiger partial charge in [0.15, 0.2) is 0 Å². The minimum absolute atomic E-state index is 0.192. The van der Waals surface area contributed by atoms with Crippen molar-refractivity contribution in [2.75, 3.05) is 13.2 Å². The van der Waals surface area contributed by atoms with Crippen LogP contribution in [0, 0.1) is 0 Å². The molecule has 0 bridgehead atoms. The molecule has 0 spiro atoms. The lowest BCUT2D eigenvalue weighted by Gasteiger charge is -2.08. The maximum absolute atomic E-state index is 10.7. The molecule has 0 radical (unpaired) electrons. The minimum Gasteiger partial charge on any atom is -0.478 e. The monoisotopic (exact) mass is 284 g/mol. The fourth-order valence-electron chi connectivity index (χ4n) is 0.550. The van der Waals surface area contributed by atoms with Crippen LogP contribution in [0.3, 0.4) is 0 Å². The second-order valence-corrected chi connectivity index (χ2v) is 4.18. The molecular formula is C9H17O8P. The third-order valence-corrected chi connectivity index (χ3v) is 2.21. The first-order valence-corrected chi connectivity index (χ1v) is 6.50. The minimum atomic E-state index is -3.71. The summed E-state index contributed by atoms with van der Waals surface area (Å²) >= 11 is 0. The van der Waals surface area contributed by atoms with Crippen LogP contribution in [0.4, 0.5) is 0 Å². The van der Waals surface area contributed by atoms with Crippen molar-refractivity contribution >= 4 is 19.8 Å². The number of carbonyl (C=O) groups is 2. The van der Waals surface area contributed by atoms with E-state index < -0.39 is 19.8 Å². The van der Waals surface area contributed by atoms with Crippen LogP contribution in [-0.2, 0) is 23.2 Å². The number of hydrogen-bond acceptors (Lipinski definition) is 5. The second-order valence-electron chi connectivity index (χ2n) is 2.73. The van der Waals surface area contributed by atoms with Crippen molar-refractivity contribution in [3.8, 4) is 0 Å². The van der Waals surface area contributed by atoms with Crippen LogP contribution >= 0.6 is 7.82 Å². The van der Waals surface area contributed by atoms with Crippen molar-refractivity contribution < 1.29 is 38.3 Å². The normalized spacial score (nSPS) is 13.5. The predicted octanol–water partition coefficient (Wildman–Crippen LogP) is 1.26. The summed E-state index contributed by atoms with van der Waals surface area (Å²) in [5, 5.41) is 15.6. The lowest BCUT2D eigenvalue weighted by Crippen LogP contribution is -1.95. The van der Waals surface area contributed by atoms with Crippen LogP contribution in [0.5, 0.6) is 0 Å². The fourth-order valence-corrected chi connectivity index (χ4v) is 1.36. The standard InChI is InChI=1S/C5H13O4P.C4H4O4/c1-3-5-9-10(6,7)8-4-2;5-3(6)1-2-4(7)8/h3-5H2,1-2H3,(H,6,7);1-2H,(H,5,6)(H,7,8)/b;2-1-. The highest BCUT2D eigenvalue weighted by Gasteiger charge is 2.18. The molecule has 3 N–H and O–H groups in total. The number of carboxylic acids is 2. The molecule has 0 heterocycles.